The molecule has 7 nitrogen and oxygen atoms in total. The topological polar surface area (TPSA) is 84.3 Å². The van der Waals surface area contributed by atoms with E-state index in [2.05, 4.69) is 22.8 Å². The fraction of sp³-hybridized carbons (Fsp3) is 0.474. The van der Waals surface area contributed by atoms with E-state index in [0.717, 1.165) is 56.9 Å². The van der Waals surface area contributed by atoms with Gasteiger partial charge in [-0.25, -0.2) is 9.59 Å². The van der Waals surface area contributed by atoms with Crippen molar-refractivity contribution in [3.63, 3.8) is 0 Å². The van der Waals surface area contributed by atoms with Gasteiger partial charge in [0.25, 0.3) is 0 Å². The molecular formula is C19H25N3O4. The minimum absolute atomic E-state index is 0.163. The summed E-state index contributed by atoms with van der Waals surface area (Å²) in [5, 5.41) is 18.3. The van der Waals surface area contributed by atoms with Crippen LogP contribution in [0.2, 0.25) is 0 Å². The average Bonchev–Trinajstić information content (AvgIpc) is 3.47. The molecule has 3 rings (SSSR count). The van der Waals surface area contributed by atoms with Crippen LogP contribution >= 0.6 is 0 Å². The molecule has 0 bridgehead atoms. The number of carboxylic acid groups (broad SMARTS) is 2. The number of rotatable bonds is 7. The van der Waals surface area contributed by atoms with E-state index < -0.39 is 17.5 Å². The first-order valence-corrected chi connectivity index (χ1v) is 9.03. The molecule has 2 fully saturated rings. The molecule has 1 aromatic carbocycles. The minimum atomic E-state index is -1.42. The molecule has 140 valence electrons. The van der Waals surface area contributed by atoms with Gasteiger partial charge in [0.1, 0.15) is 0 Å². The molecule has 0 aromatic heterocycles. The van der Waals surface area contributed by atoms with Crippen molar-refractivity contribution in [2.75, 3.05) is 42.5 Å². The number of anilines is 2. The van der Waals surface area contributed by atoms with Gasteiger partial charge in [0, 0.05) is 49.8 Å². The third-order valence-corrected chi connectivity index (χ3v) is 4.98. The molecule has 1 aromatic rings. The summed E-state index contributed by atoms with van der Waals surface area (Å²) in [6.07, 6.45) is 3.13. The zero-order valence-electron chi connectivity index (χ0n) is 15.0. The van der Waals surface area contributed by atoms with Gasteiger partial charge in [-0.2, -0.15) is 0 Å². The number of hydrogen-bond acceptors (Lipinski definition) is 5. The summed E-state index contributed by atoms with van der Waals surface area (Å²) >= 11 is 0. The van der Waals surface area contributed by atoms with Gasteiger partial charge in [0.2, 0.25) is 0 Å². The third-order valence-electron chi connectivity index (χ3n) is 4.98. The Morgan fingerprint density at radius 1 is 1.15 bits per heavy atom. The van der Waals surface area contributed by atoms with Gasteiger partial charge in [-0.15, -0.1) is 0 Å². The highest BCUT2D eigenvalue weighted by atomic mass is 16.4. The van der Waals surface area contributed by atoms with Crippen molar-refractivity contribution in [2.45, 2.75) is 25.8 Å². The predicted octanol–water partition coefficient (Wildman–Crippen LogP) is 1.85. The first-order valence-electron chi connectivity index (χ1n) is 9.03. The molecule has 0 amide bonds. The van der Waals surface area contributed by atoms with Crippen LogP contribution in [-0.2, 0) is 9.59 Å². The van der Waals surface area contributed by atoms with E-state index in [1.165, 1.54) is 6.20 Å². The fourth-order valence-corrected chi connectivity index (χ4v) is 3.26. The summed E-state index contributed by atoms with van der Waals surface area (Å²) in [4.78, 5) is 29.0. The quantitative estimate of drug-likeness (QED) is 0.437. The first kappa shape index (κ1) is 18.3. The monoisotopic (exact) mass is 359 g/mol. The lowest BCUT2D eigenvalue weighted by Gasteiger charge is -2.36. The Morgan fingerprint density at radius 2 is 1.81 bits per heavy atom. The van der Waals surface area contributed by atoms with Crippen LogP contribution in [-0.4, -0.2) is 65.8 Å². The van der Waals surface area contributed by atoms with Crippen molar-refractivity contribution >= 4 is 23.3 Å². The molecule has 0 atom stereocenters. The second kappa shape index (κ2) is 7.78. The average molecular weight is 359 g/mol. The maximum absolute atomic E-state index is 11.2. The lowest BCUT2D eigenvalue weighted by atomic mass is 10.2. The highest BCUT2D eigenvalue weighted by Gasteiger charge is 2.31. The number of hydrogen-bond donors (Lipinski definition) is 2. The van der Waals surface area contributed by atoms with Crippen molar-refractivity contribution in [1.29, 1.82) is 0 Å². The van der Waals surface area contributed by atoms with Crippen LogP contribution in [0.25, 0.3) is 0 Å². The number of carbonyl (C=O) groups is 2. The van der Waals surface area contributed by atoms with E-state index in [-0.39, 0.29) is 6.04 Å². The highest BCUT2D eigenvalue weighted by molar-refractivity contribution is 6.12. The second-order valence-corrected chi connectivity index (χ2v) is 6.73. The van der Waals surface area contributed by atoms with Crippen molar-refractivity contribution in [2.24, 2.45) is 0 Å². The van der Waals surface area contributed by atoms with Crippen LogP contribution in [0.1, 0.15) is 19.8 Å². The summed E-state index contributed by atoms with van der Waals surface area (Å²) in [7, 11) is 0. The summed E-state index contributed by atoms with van der Waals surface area (Å²) in [6, 6.07) is 8.09. The Bertz CT molecular complexity index is 690. The van der Waals surface area contributed by atoms with Crippen LogP contribution in [0.5, 0.6) is 0 Å². The minimum Gasteiger partial charge on any atom is -0.477 e. The summed E-state index contributed by atoms with van der Waals surface area (Å²) in [5.74, 6) is -2.84. The van der Waals surface area contributed by atoms with E-state index >= 15 is 0 Å². The van der Waals surface area contributed by atoms with Gasteiger partial charge in [0.15, 0.2) is 5.57 Å². The predicted molar refractivity (Wildman–Crippen MR) is 99.6 cm³/mol. The molecule has 2 aliphatic rings. The maximum atomic E-state index is 11.2. The Morgan fingerprint density at radius 3 is 2.35 bits per heavy atom. The van der Waals surface area contributed by atoms with E-state index in [4.69, 9.17) is 10.2 Å². The molecule has 26 heavy (non-hydrogen) atoms. The molecular weight excluding hydrogens is 334 g/mol. The van der Waals surface area contributed by atoms with Gasteiger partial charge in [-0.1, -0.05) is 13.0 Å². The molecule has 1 saturated carbocycles. The summed E-state index contributed by atoms with van der Waals surface area (Å²) < 4.78 is 0. The number of likely N-dealkylation sites (N-methyl/N-ethyl adjacent to an activating group) is 1. The van der Waals surface area contributed by atoms with Crippen LogP contribution < -0.4 is 9.80 Å². The number of piperazine rings is 1. The fourth-order valence-electron chi connectivity index (χ4n) is 3.26. The zero-order valence-corrected chi connectivity index (χ0v) is 15.0. The molecule has 2 N–H and O–H groups in total. The largest absolute Gasteiger partial charge is 0.477 e. The van der Waals surface area contributed by atoms with Crippen molar-refractivity contribution in [3.8, 4) is 0 Å². The van der Waals surface area contributed by atoms with Crippen molar-refractivity contribution < 1.29 is 19.8 Å². The second-order valence-electron chi connectivity index (χ2n) is 6.73. The molecule has 1 saturated heterocycles. The molecule has 1 aliphatic heterocycles. The maximum Gasteiger partial charge on any atom is 0.344 e. The van der Waals surface area contributed by atoms with E-state index in [1.807, 2.05) is 18.2 Å². The number of carboxylic acids is 2. The summed E-state index contributed by atoms with van der Waals surface area (Å²) in [6.45, 7) is 7.17. The van der Waals surface area contributed by atoms with Gasteiger partial charge < -0.3 is 24.9 Å². The highest BCUT2D eigenvalue weighted by Crippen LogP contribution is 2.34. The Hall–Kier alpha value is -2.54. The SMILES string of the molecule is CCN1CCN(c2cccc(N(C=C(C(=O)O)C(=O)O)C3CC3)c2)CC1. The lowest BCUT2D eigenvalue weighted by Crippen LogP contribution is -2.46. The lowest BCUT2D eigenvalue weighted by molar-refractivity contribution is -0.140. The standard InChI is InChI=1S/C19H25N3O4/c1-2-20-8-10-21(11-9-20)15-4-3-5-16(12-15)22(14-6-7-14)13-17(18(23)24)19(25)26/h3-5,12-14H,2,6-11H2,1H3,(H,23,24)(H,25,26). The molecule has 0 radical (unpaired) electrons. The molecule has 0 spiro atoms. The molecule has 7 heteroatoms. The smallest absolute Gasteiger partial charge is 0.344 e. The van der Waals surface area contributed by atoms with E-state index in [0.29, 0.717) is 0 Å². The zero-order chi connectivity index (χ0) is 18.7. The van der Waals surface area contributed by atoms with Crippen LogP contribution in [0.3, 0.4) is 0 Å². The molecule has 0 unspecified atom stereocenters. The van der Waals surface area contributed by atoms with Crippen molar-refractivity contribution in [1.82, 2.24) is 4.90 Å². The summed E-state index contributed by atoms with van der Waals surface area (Å²) in [5.41, 5.74) is 1.31. The molecule has 1 heterocycles. The van der Waals surface area contributed by atoms with Crippen LogP contribution in [0.15, 0.2) is 36.0 Å². The van der Waals surface area contributed by atoms with Gasteiger partial charge in [0.05, 0.1) is 0 Å². The number of aliphatic carboxylic acids is 2. The first-order chi connectivity index (χ1) is 12.5. The van der Waals surface area contributed by atoms with Crippen LogP contribution in [0.4, 0.5) is 11.4 Å². The van der Waals surface area contributed by atoms with Crippen molar-refractivity contribution in [3.05, 3.63) is 36.0 Å². The number of nitrogens with zero attached hydrogens (tertiary/aromatic N) is 3. The van der Waals surface area contributed by atoms with Gasteiger partial charge in [-0.05, 0) is 37.6 Å². The van der Waals surface area contributed by atoms with E-state index in [1.54, 1.807) is 4.90 Å². The number of benzene rings is 1. The third kappa shape index (κ3) is 4.16. The molecule has 1 aliphatic carbocycles. The normalized spacial score (nSPS) is 17.7. The van der Waals surface area contributed by atoms with Gasteiger partial charge >= 0.3 is 11.9 Å². The van der Waals surface area contributed by atoms with Gasteiger partial charge in [-0.3, -0.25) is 0 Å². The Balaban J connectivity index is 1.84. The Labute approximate surface area is 153 Å². The van der Waals surface area contributed by atoms with Crippen LogP contribution in [0, 0.1) is 0 Å². The van der Waals surface area contributed by atoms with E-state index in [9.17, 15) is 9.59 Å². The Kier molecular flexibility index (Phi) is 5.46.